The molecule has 0 atom stereocenters. The number of hydrogen-bond donors (Lipinski definition) is 4. The molecule has 0 aliphatic rings. The van der Waals surface area contributed by atoms with E-state index >= 15 is 0 Å². The van der Waals surface area contributed by atoms with Crippen LogP contribution < -0.4 is 0 Å². The topological polar surface area (TPSA) is 149 Å². The molecule has 0 aromatic heterocycles. The molecule has 4 N–H and O–H groups in total. The van der Waals surface area contributed by atoms with Crippen LogP contribution in [0.4, 0.5) is 19.2 Å². The van der Waals surface area contributed by atoms with E-state index in [1.165, 1.54) is 0 Å². The Balaban J connectivity index is 5.60. The van der Waals surface area contributed by atoms with Gasteiger partial charge in [0.2, 0.25) is 0 Å². The van der Waals surface area contributed by atoms with Gasteiger partial charge in [0.1, 0.15) is 0 Å². The van der Waals surface area contributed by atoms with Crippen molar-refractivity contribution in [1.29, 1.82) is 0 Å². The molecule has 0 radical (unpaired) electrons. The van der Waals surface area contributed by atoms with Crippen LogP contribution in [-0.4, -0.2) is 39.9 Å². The van der Waals surface area contributed by atoms with Crippen molar-refractivity contribution < 1.29 is 52.4 Å². The Morgan fingerprint density at radius 1 is 0.615 bits per heavy atom. The van der Waals surface area contributed by atoms with Crippen LogP contribution in [0.3, 0.4) is 0 Å². The molecule has 0 saturated heterocycles. The zero-order valence-corrected chi connectivity index (χ0v) is 6.88. The van der Waals surface area contributed by atoms with Crippen LogP contribution in [0.25, 0.3) is 0 Å². The summed E-state index contributed by atoms with van der Waals surface area (Å²) in [7, 11) is 0. The van der Waals surface area contributed by atoms with Gasteiger partial charge in [-0.25, -0.2) is 0 Å². The van der Waals surface area contributed by atoms with E-state index in [1.54, 1.807) is 0 Å². The van der Waals surface area contributed by atoms with E-state index < -0.39 is 32.3 Å². The van der Waals surface area contributed by atoms with Crippen LogP contribution in [0.2, 0.25) is 0 Å². The Kier molecular flexibility index (Phi) is 3.00. The number of hydrogen-bond acceptors (Lipinski definition) is 4. The first-order chi connectivity index (χ1) is 5.77. The van der Waals surface area contributed by atoms with Gasteiger partial charge >= 0.3 is 71.9 Å². The second-order valence-electron chi connectivity index (χ2n) is 1.50. The molecule has 0 fully saturated rings. The van der Waals surface area contributed by atoms with Gasteiger partial charge in [0.25, 0.3) is 0 Å². The molecular formula is C4H4FeO8. The van der Waals surface area contributed by atoms with Gasteiger partial charge in [-0.15, -0.1) is 0 Å². The second-order valence-corrected chi connectivity index (χ2v) is 5.05. The van der Waals surface area contributed by atoms with Gasteiger partial charge in [0.15, 0.2) is 0 Å². The maximum atomic E-state index is 10.3. The molecule has 0 heterocycles. The van der Waals surface area contributed by atoms with Crippen LogP contribution in [-0.2, 0) is 12.8 Å². The average molecular weight is 236 g/mol. The minimum atomic E-state index is -5.28. The summed E-state index contributed by atoms with van der Waals surface area (Å²) in [6, 6.07) is 0. The molecule has 13 heavy (non-hydrogen) atoms. The fourth-order valence-electron chi connectivity index (χ4n) is 0.388. The standard InChI is InChI=1S/4CHO2.Fe/c4*2-1-3;/h4*(H,2,3);. The molecule has 0 amide bonds. The Hall–Kier alpha value is -1.60. The summed E-state index contributed by atoms with van der Waals surface area (Å²) in [5.41, 5.74) is 0. The van der Waals surface area contributed by atoms with Gasteiger partial charge in [0, 0.05) is 0 Å². The van der Waals surface area contributed by atoms with Crippen molar-refractivity contribution in [1.82, 2.24) is 0 Å². The van der Waals surface area contributed by atoms with Crippen molar-refractivity contribution in [2.45, 2.75) is 0 Å². The molecule has 9 heteroatoms. The summed E-state index contributed by atoms with van der Waals surface area (Å²) < 4.78 is 0. The normalized spacial score (nSPS) is 11.7. The van der Waals surface area contributed by atoms with Crippen molar-refractivity contribution in [2.24, 2.45) is 0 Å². The zero-order valence-electron chi connectivity index (χ0n) is 5.78. The molecule has 0 aliphatic heterocycles. The van der Waals surface area contributed by atoms with Gasteiger partial charge in [-0.2, -0.15) is 0 Å². The molecule has 8 nitrogen and oxygen atoms in total. The van der Waals surface area contributed by atoms with Gasteiger partial charge in [-0.3, -0.25) is 0 Å². The van der Waals surface area contributed by atoms with E-state index in [0.717, 1.165) is 0 Å². The Labute approximate surface area is 72.6 Å². The Morgan fingerprint density at radius 3 is 0.769 bits per heavy atom. The molecule has 0 spiro atoms. The Morgan fingerprint density at radius 2 is 0.769 bits per heavy atom. The zero-order chi connectivity index (χ0) is 10.8. The molecule has 0 aromatic carbocycles. The monoisotopic (exact) mass is 236 g/mol. The third-order valence-electron chi connectivity index (χ3n) is 0.907. The van der Waals surface area contributed by atoms with Crippen molar-refractivity contribution in [3.63, 3.8) is 0 Å². The summed E-state index contributed by atoms with van der Waals surface area (Å²) >= 11 is -5.28. The number of carbonyl (C=O) groups is 4. The molecule has 76 valence electrons. The molecule has 0 aliphatic carbocycles. The fourth-order valence-corrected chi connectivity index (χ4v) is 1.60. The SMILES string of the molecule is O=[C](O)[Fe]([C](=O)O)([C](=O)O)[C](=O)O. The van der Waals surface area contributed by atoms with E-state index in [0.29, 0.717) is 0 Å². The summed E-state index contributed by atoms with van der Waals surface area (Å²) in [5, 5.41) is 33.0. The van der Waals surface area contributed by atoms with Crippen molar-refractivity contribution in [3.05, 3.63) is 0 Å². The van der Waals surface area contributed by atoms with E-state index in [1.807, 2.05) is 0 Å². The molecule has 0 aromatic rings. The summed E-state index contributed by atoms with van der Waals surface area (Å²) in [5.74, 6) is 0. The van der Waals surface area contributed by atoms with E-state index in [9.17, 15) is 19.2 Å². The quantitative estimate of drug-likeness (QED) is 0.524. The summed E-state index contributed by atoms with van der Waals surface area (Å²) in [6.45, 7) is 0. The molecule has 0 unspecified atom stereocenters. The maximum absolute atomic E-state index is 10.3. The van der Waals surface area contributed by atoms with Gasteiger partial charge in [-0.1, -0.05) is 0 Å². The minimum absolute atomic E-state index is 2.33. The first-order valence-electron chi connectivity index (χ1n) is 2.42. The first kappa shape index (κ1) is 11.4. The van der Waals surface area contributed by atoms with Gasteiger partial charge in [-0.05, 0) is 0 Å². The first-order valence-corrected chi connectivity index (χ1v) is 4.63. The van der Waals surface area contributed by atoms with E-state index in [-0.39, 0.29) is 0 Å². The van der Waals surface area contributed by atoms with Crippen LogP contribution >= 0.6 is 0 Å². The second kappa shape index (κ2) is 3.42. The predicted octanol–water partition coefficient (Wildman–Crippen LogP) is 0.852. The average Bonchev–Trinajstić information content (AvgIpc) is 1.82. The Bertz CT molecular complexity index is 231. The van der Waals surface area contributed by atoms with Crippen LogP contribution in [0.15, 0.2) is 0 Å². The number of rotatable bonds is 4. The molecule has 0 saturated carbocycles. The van der Waals surface area contributed by atoms with Crippen LogP contribution in [0, 0.1) is 0 Å². The van der Waals surface area contributed by atoms with Crippen LogP contribution in [0.5, 0.6) is 0 Å². The van der Waals surface area contributed by atoms with Gasteiger partial charge in [0.05, 0.1) is 0 Å². The fraction of sp³-hybridized carbons (Fsp3) is 0. The van der Waals surface area contributed by atoms with Gasteiger partial charge < -0.3 is 0 Å². The summed E-state index contributed by atoms with van der Waals surface area (Å²) in [6.07, 6.45) is 0. The summed E-state index contributed by atoms with van der Waals surface area (Å²) in [4.78, 5) is 31.7. The third kappa shape index (κ3) is 1.46. The molecular weight excluding hydrogens is 232 g/mol. The van der Waals surface area contributed by atoms with Crippen LogP contribution in [0.1, 0.15) is 0 Å². The predicted molar refractivity (Wildman–Crippen MR) is 32.1 cm³/mol. The molecule has 0 rings (SSSR count). The van der Waals surface area contributed by atoms with Crippen molar-refractivity contribution in [3.8, 4) is 0 Å². The van der Waals surface area contributed by atoms with Crippen molar-refractivity contribution in [2.75, 3.05) is 0 Å². The number of carboxylic acid groups (broad SMARTS) is 4. The van der Waals surface area contributed by atoms with Crippen molar-refractivity contribution >= 4 is 19.5 Å². The van der Waals surface area contributed by atoms with E-state index in [2.05, 4.69) is 0 Å². The van der Waals surface area contributed by atoms with E-state index in [4.69, 9.17) is 20.4 Å². The third-order valence-corrected chi connectivity index (χ3v) is 3.74. The molecule has 0 bridgehead atoms.